The highest BCUT2D eigenvalue weighted by Gasteiger charge is 2.36. The summed E-state index contributed by atoms with van der Waals surface area (Å²) in [6.07, 6.45) is 2.38. The molecule has 4 rings (SSSR count). The molecule has 1 aromatic heterocycles. The molecular weight excluding hydrogens is 423 g/mol. The topological polar surface area (TPSA) is 92.6 Å². The van der Waals surface area contributed by atoms with E-state index in [0.717, 1.165) is 37.0 Å². The minimum Gasteiger partial charge on any atom is -0.382 e. The summed E-state index contributed by atoms with van der Waals surface area (Å²) in [7, 11) is 3.45. The second kappa shape index (κ2) is 9.71. The Morgan fingerprint density at radius 3 is 2.73 bits per heavy atom. The highest BCUT2D eigenvalue weighted by molar-refractivity contribution is 6.08. The summed E-state index contributed by atoms with van der Waals surface area (Å²) in [4.78, 5) is 34.6. The van der Waals surface area contributed by atoms with Crippen molar-refractivity contribution in [2.75, 3.05) is 45.6 Å². The van der Waals surface area contributed by atoms with Gasteiger partial charge >= 0.3 is 0 Å². The highest BCUT2D eigenvalue weighted by atomic mass is 19.1. The molecule has 2 aromatic rings. The van der Waals surface area contributed by atoms with Crippen LogP contribution in [-0.2, 0) is 4.79 Å². The number of pyridine rings is 1. The average molecular weight is 453 g/mol. The minimum atomic E-state index is -1.11. The Bertz CT molecular complexity index is 1080. The predicted molar refractivity (Wildman–Crippen MR) is 123 cm³/mol. The van der Waals surface area contributed by atoms with Gasteiger partial charge in [-0.25, -0.2) is 4.39 Å². The number of likely N-dealkylation sites (tertiary alicyclic amines) is 2. The molecule has 2 saturated heterocycles. The van der Waals surface area contributed by atoms with E-state index in [1.165, 1.54) is 4.90 Å². The Morgan fingerprint density at radius 1 is 1.27 bits per heavy atom. The van der Waals surface area contributed by atoms with Crippen LogP contribution in [-0.4, -0.2) is 90.0 Å². The predicted octanol–water partition coefficient (Wildman–Crippen LogP) is 2.28. The van der Waals surface area contributed by atoms with Crippen molar-refractivity contribution in [2.45, 2.75) is 37.5 Å². The van der Waals surface area contributed by atoms with E-state index in [4.69, 9.17) is 0 Å². The van der Waals surface area contributed by atoms with Crippen molar-refractivity contribution < 1.29 is 14.0 Å². The SMILES string of the molecule is CN(C)C(=O)c1ccc(NC2CCN(CC(=O)N3C[C@@H](F)C[C@H]3C#N)CC2)c2cccnc12. The molecule has 2 aliphatic heterocycles. The molecule has 0 radical (unpaired) electrons. The number of nitriles is 1. The maximum absolute atomic E-state index is 13.6. The Labute approximate surface area is 193 Å². The second-order valence-corrected chi connectivity index (χ2v) is 8.98. The van der Waals surface area contributed by atoms with E-state index in [2.05, 4.69) is 15.2 Å². The summed E-state index contributed by atoms with van der Waals surface area (Å²) in [5.74, 6) is -0.259. The molecule has 2 fully saturated rings. The van der Waals surface area contributed by atoms with Crippen molar-refractivity contribution in [3.8, 4) is 6.07 Å². The van der Waals surface area contributed by atoms with Gasteiger partial charge < -0.3 is 15.1 Å². The van der Waals surface area contributed by atoms with Gasteiger partial charge in [-0.15, -0.1) is 0 Å². The number of alkyl halides is 1. The van der Waals surface area contributed by atoms with E-state index < -0.39 is 12.2 Å². The van der Waals surface area contributed by atoms with Crippen LogP contribution in [0.4, 0.5) is 10.1 Å². The molecular formula is C24H29FN6O2. The van der Waals surface area contributed by atoms with Crippen LogP contribution in [0.5, 0.6) is 0 Å². The van der Waals surface area contributed by atoms with Gasteiger partial charge in [0.1, 0.15) is 12.2 Å². The van der Waals surface area contributed by atoms with Gasteiger partial charge in [-0.3, -0.25) is 19.5 Å². The lowest BCUT2D eigenvalue weighted by molar-refractivity contribution is -0.132. The zero-order chi connectivity index (χ0) is 23.5. The maximum atomic E-state index is 13.6. The smallest absolute Gasteiger partial charge is 0.255 e. The van der Waals surface area contributed by atoms with Crippen molar-refractivity contribution in [2.24, 2.45) is 0 Å². The lowest BCUT2D eigenvalue weighted by Gasteiger charge is -2.33. The van der Waals surface area contributed by atoms with Gasteiger partial charge in [-0.1, -0.05) is 0 Å². The fourth-order valence-corrected chi connectivity index (χ4v) is 4.63. The van der Waals surface area contributed by atoms with Crippen LogP contribution in [0, 0.1) is 11.3 Å². The van der Waals surface area contributed by atoms with E-state index in [-0.39, 0.29) is 37.4 Å². The normalized spacial score (nSPS) is 21.7. The van der Waals surface area contributed by atoms with Gasteiger partial charge in [-0.05, 0) is 37.1 Å². The molecule has 9 heteroatoms. The lowest BCUT2D eigenvalue weighted by atomic mass is 10.0. The number of carbonyl (C=O) groups is 2. The Morgan fingerprint density at radius 2 is 2.03 bits per heavy atom. The number of nitrogens with zero attached hydrogens (tertiary/aromatic N) is 5. The van der Waals surface area contributed by atoms with Crippen molar-refractivity contribution in [1.29, 1.82) is 5.26 Å². The van der Waals surface area contributed by atoms with Gasteiger partial charge in [-0.2, -0.15) is 5.26 Å². The summed E-state index contributed by atoms with van der Waals surface area (Å²) in [5.41, 5.74) is 2.18. The standard InChI is InChI=1S/C24H29FN6O2/c1-29(2)24(33)20-5-6-21(19-4-3-9-27-23(19)20)28-17-7-10-30(11-8-17)15-22(32)31-14-16(25)12-18(31)13-26/h3-6,9,16-18,28H,7-8,10-12,14-15H2,1-2H3/t16-,18-/m0/s1. The van der Waals surface area contributed by atoms with Crippen LogP contribution in [0.2, 0.25) is 0 Å². The van der Waals surface area contributed by atoms with Crippen LogP contribution in [0.3, 0.4) is 0 Å². The van der Waals surface area contributed by atoms with Crippen LogP contribution < -0.4 is 5.32 Å². The molecule has 2 aliphatic rings. The first-order chi connectivity index (χ1) is 15.9. The molecule has 33 heavy (non-hydrogen) atoms. The zero-order valence-corrected chi connectivity index (χ0v) is 19.0. The van der Waals surface area contributed by atoms with Crippen LogP contribution in [0.25, 0.3) is 10.9 Å². The largest absolute Gasteiger partial charge is 0.382 e. The molecule has 0 unspecified atom stereocenters. The summed E-state index contributed by atoms with van der Waals surface area (Å²) >= 11 is 0. The highest BCUT2D eigenvalue weighted by Crippen LogP contribution is 2.28. The lowest BCUT2D eigenvalue weighted by Crippen LogP contribution is -2.46. The molecule has 0 bridgehead atoms. The molecule has 174 valence electrons. The molecule has 0 aliphatic carbocycles. The number of anilines is 1. The van der Waals surface area contributed by atoms with E-state index in [9.17, 15) is 19.2 Å². The fraction of sp³-hybridized carbons (Fsp3) is 0.500. The van der Waals surface area contributed by atoms with Crippen LogP contribution in [0.1, 0.15) is 29.6 Å². The Kier molecular flexibility index (Phi) is 6.75. The number of hydrogen-bond donors (Lipinski definition) is 1. The first-order valence-electron chi connectivity index (χ1n) is 11.3. The monoisotopic (exact) mass is 452 g/mol. The molecule has 2 atom stereocenters. The summed E-state index contributed by atoms with van der Waals surface area (Å²) in [5, 5.41) is 13.7. The molecule has 3 heterocycles. The number of fused-ring (bicyclic) bond motifs is 1. The third-order valence-electron chi connectivity index (χ3n) is 6.43. The Hall–Kier alpha value is -3.25. The van der Waals surface area contributed by atoms with Crippen molar-refractivity contribution in [1.82, 2.24) is 19.7 Å². The molecule has 0 saturated carbocycles. The van der Waals surface area contributed by atoms with Crippen molar-refractivity contribution in [3.05, 3.63) is 36.0 Å². The molecule has 8 nitrogen and oxygen atoms in total. The number of amides is 2. The second-order valence-electron chi connectivity index (χ2n) is 8.98. The van der Waals surface area contributed by atoms with Gasteiger partial charge in [0.2, 0.25) is 5.91 Å². The van der Waals surface area contributed by atoms with E-state index in [1.807, 2.05) is 30.3 Å². The fourth-order valence-electron chi connectivity index (χ4n) is 4.63. The number of aromatic nitrogens is 1. The third-order valence-corrected chi connectivity index (χ3v) is 6.43. The average Bonchev–Trinajstić information content (AvgIpc) is 3.21. The Balaban J connectivity index is 1.38. The zero-order valence-electron chi connectivity index (χ0n) is 19.0. The number of carbonyl (C=O) groups excluding carboxylic acids is 2. The van der Waals surface area contributed by atoms with E-state index >= 15 is 0 Å². The van der Waals surface area contributed by atoms with Gasteiger partial charge in [0.25, 0.3) is 5.91 Å². The third kappa shape index (κ3) is 4.91. The number of piperidine rings is 1. The van der Waals surface area contributed by atoms with Crippen LogP contribution in [0.15, 0.2) is 30.5 Å². The number of nitrogens with one attached hydrogen (secondary N) is 1. The number of benzene rings is 1. The molecule has 1 aromatic carbocycles. The van der Waals surface area contributed by atoms with Crippen LogP contribution >= 0.6 is 0 Å². The quantitative estimate of drug-likeness (QED) is 0.748. The summed E-state index contributed by atoms with van der Waals surface area (Å²) in [6.45, 7) is 1.70. The van der Waals surface area contributed by atoms with Crippen molar-refractivity contribution in [3.63, 3.8) is 0 Å². The molecule has 0 spiro atoms. The first-order valence-corrected chi connectivity index (χ1v) is 11.3. The van der Waals surface area contributed by atoms with E-state index in [1.54, 1.807) is 25.2 Å². The van der Waals surface area contributed by atoms with Crippen molar-refractivity contribution >= 4 is 28.4 Å². The summed E-state index contributed by atoms with van der Waals surface area (Å²) in [6, 6.07) is 9.17. The summed E-state index contributed by atoms with van der Waals surface area (Å²) < 4.78 is 13.6. The van der Waals surface area contributed by atoms with Gasteiger partial charge in [0.05, 0.1) is 30.2 Å². The number of halogens is 1. The maximum Gasteiger partial charge on any atom is 0.255 e. The molecule has 2 amide bonds. The van der Waals surface area contributed by atoms with E-state index in [0.29, 0.717) is 11.1 Å². The molecule has 1 N–H and O–H groups in total. The van der Waals surface area contributed by atoms with Gasteiger partial charge in [0.15, 0.2) is 0 Å². The number of hydrogen-bond acceptors (Lipinski definition) is 6. The minimum absolute atomic E-state index is 0.0164. The number of rotatable bonds is 5. The van der Waals surface area contributed by atoms with Gasteiger partial charge in [0, 0.05) is 56.9 Å². The first kappa shape index (κ1) is 22.9.